The summed E-state index contributed by atoms with van der Waals surface area (Å²) in [5.41, 5.74) is 11.1. The van der Waals surface area contributed by atoms with Gasteiger partial charge in [-0.3, -0.25) is 4.98 Å². The molecule has 0 spiro atoms. The van der Waals surface area contributed by atoms with Gasteiger partial charge in [-0.15, -0.1) is 0 Å². The summed E-state index contributed by atoms with van der Waals surface area (Å²) in [6.07, 6.45) is 3.71. The molecule has 0 N–H and O–H groups in total. The summed E-state index contributed by atoms with van der Waals surface area (Å²) in [5, 5.41) is 10.8. The normalized spacial score (nSPS) is 12.0. The molecule has 4 heterocycles. The van der Waals surface area contributed by atoms with E-state index in [1.165, 1.54) is 0 Å². The Morgan fingerprint density at radius 2 is 1.12 bits per heavy atom. The molecule has 13 aromatic rings. The molecule has 0 amide bonds. The number of rotatable bonds is 5. The van der Waals surface area contributed by atoms with Crippen molar-refractivity contribution in [3.8, 4) is 22.6 Å². The molecule has 9 aromatic carbocycles. The molecule has 0 aliphatic rings. The molecule has 0 aliphatic heterocycles. The van der Waals surface area contributed by atoms with Crippen molar-refractivity contribution >= 4 is 104 Å². The van der Waals surface area contributed by atoms with E-state index in [9.17, 15) is 0 Å². The highest BCUT2D eigenvalue weighted by molar-refractivity contribution is 6.19. The number of nitrogens with zero attached hydrogens (tertiary/aromatic N) is 3. The minimum Gasteiger partial charge on any atom is -0.456 e. The third-order valence-electron chi connectivity index (χ3n) is 11.9. The first-order chi connectivity index (χ1) is 29.7. The predicted molar refractivity (Wildman–Crippen MR) is 244 cm³/mol. The van der Waals surface area contributed by atoms with Crippen LogP contribution in [0.4, 0.5) is 17.1 Å². The third-order valence-corrected chi connectivity index (χ3v) is 11.9. The van der Waals surface area contributed by atoms with Gasteiger partial charge in [-0.2, -0.15) is 0 Å². The third kappa shape index (κ3) is 5.01. The van der Waals surface area contributed by atoms with Crippen LogP contribution in [0.25, 0.3) is 110 Å². The van der Waals surface area contributed by atoms with E-state index in [1.54, 1.807) is 6.20 Å². The van der Waals surface area contributed by atoms with Crippen molar-refractivity contribution in [1.29, 1.82) is 0 Å². The quantitative estimate of drug-likeness (QED) is 0.162. The van der Waals surface area contributed by atoms with Crippen LogP contribution in [0.2, 0.25) is 0 Å². The van der Waals surface area contributed by atoms with Crippen molar-refractivity contribution in [2.24, 2.45) is 0 Å². The van der Waals surface area contributed by atoms with Crippen LogP contribution in [-0.2, 0) is 0 Å². The molecular weight excluding hydrogens is 739 g/mol. The SMILES string of the molecule is c1ccc(-c2nc3ccc4ccc5ccc(N(c6ccc7cc8c(cc7c6)oc6ccccc68)c6ccc7oc8cccc(-c9cccnc9)c8c7c6)cc5c4c3o2)cc1. The second-order valence-corrected chi connectivity index (χ2v) is 15.4. The van der Waals surface area contributed by atoms with Gasteiger partial charge >= 0.3 is 0 Å². The Hall–Kier alpha value is -8.22. The van der Waals surface area contributed by atoms with E-state index in [-0.39, 0.29) is 0 Å². The summed E-state index contributed by atoms with van der Waals surface area (Å²) < 4.78 is 19.5. The number of furan rings is 2. The zero-order valence-corrected chi connectivity index (χ0v) is 32.0. The summed E-state index contributed by atoms with van der Waals surface area (Å²) >= 11 is 0. The molecule has 0 saturated carbocycles. The van der Waals surface area contributed by atoms with Crippen molar-refractivity contribution in [3.63, 3.8) is 0 Å². The van der Waals surface area contributed by atoms with E-state index in [0.29, 0.717) is 5.89 Å². The van der Waals surface area contributed by atoms with E-state index in [0.717, 1.165) is 121 Å². The van der Waals surface area contributed by atoms with Gasteiger partial charge in [0.2, 0.25) is 5.89 Å². The number of benzene rings is 9. The van der Waals surface area contributed by atoms with Crippen molar-refractivity contribution in [2.45, 2.75) is 0 Å². The van der Waals surface area contributed by atoms with Crippen LogP contribution in [0.3, 0.4) is 0 Å². The number of pyridine rings is 1. The van der Waals surface area contributed by atoms with Gasteiger partial charge in [0.25, 0.3) is 0 Å². The zero-order valence-electron chi connectivity index (χ0n) is 32.0. The second-order valence-electron chi connectivity index (χ2n) is 15.4. The molecular formula is C54H31N3O3. The minimum atomic E-state index is 0.605. The van der Waals surface area contributed by atoms with Crippen LogP contribution in [0.15, 0.2) is 202 Å². The topological polar surface area (TPSA) is 68.4 Å². The fourth-order valence-electron chi connectivity index (χ4n) is 9.11. The summed E-state index contributed by atoms with van der Waals surface area (Å²) in [6.45, 7) is 0. The fraction of sp³-hybridized carbons (Fsp3) is 0. The van der Waals surface area contributed by atoms with Gasteiger partial charge in [0.1, 0.15) is 27.8 Å². The second kappa shape index (κ2) is 12.6. The Labute approximate surface area is 342 Å². The van der Waals surface area contributed by atoms with Crippen LogP contribution >= 0.6 is 0 Å². The molecule has 0 aliphatic carbocycles. The molecule has 0 bridgehead atoms. The Bertz CT molecular complexity index is 3850. The number of hydrogen-bond acceptors (Lipinski definition) is 6. The van der Waals surface area contributed by atoms with E-state index in [2.05, 4.69) is 119 Å². The summed E-state index contributed by atoms with van der Waals surface area (Å²) in [7, 11) is 0. The van der Waals surface area contributed by atoms with E-state index >= 15 is 0 Å². The monoisotopic (exact) mass is 769 g/mol. The lowest BCUT2D eigenvalue weighted by molar-refractivity contribution is 0.623. The molecule has 0 radical (unpaired) electrons. The van der Waals surface area contributed by atoms with Crippen molar-refractivity contribution in [2.75, 3.05) is 4.90 Å². The van der Waals surface area contributed by atoms with Crippen LogP contribution in [-0.4, -0.2) is 9.97 Å². The number of para-hydroxylation sites is 1. The van der Waals surface area contributed by atoms with E-state index < -0.39 is 0 Å². The maximum Gasteiger partial charge on any atom is 0.227 e. The first-order valence-electron chi connectivity index (χ1n) is 20.0. The molecule has 0 unspecified atom stereocenters. The Kier molecular flexibility index (Phi) is 6.91. The average molecular weight is 770 g/mol. The highest BCUT2D eigenvalue weighted by Gasteiger charge is 2.21. The number of aromatic nitrogens is 2. The van der Waals surface area contributed by atoms with Crippen molar-refractivity contribution in [1.82, 2.24) is 9.97 Å². The van der Waals surface area contributed by atoms with E-state index in [1.807, 2.05) is 72.9 Å². The molecule has 6 nitrogen and oxygen atoms in total. The van der Waals surface area contributed by atoms with Gasteiger partial charge < -0.3 is 18.2 Å². The molecule has 6 heteroatoms. The van der Waals surface area contributed by atoms with Crippen LogP contribution in [0, 0.1) is 0 Å². The van der Waals surface area contributed by atoms with Gasteiger partial charge in [0.15, 0.2) is 5.58 Å². The van der Waals surface area contributed by atoms with Gasteiger partial charge in [-0.05, 0) is 123 Å². The maximum absolute atomic E-state index is 6.63. The molecule has 0 saturated heterocycles. The van der Waals surface area contributed by atoms with Gasteiger partial charge in [0.05, 0.1) is 0 Å². The van der Waals surface area contributed by atoms with Crippen LogP contribution in [0.1, 0.15) is 0 Å². The largest absolute Gasteiger partial charge is 0.456 e. The lowest BCUT2D eigenvalue weighted by atomic mass is 9.99. The molecule has 0 fully saturated rings. The number of oxazole rings is 1. The van der Waals surface area contributed by atoms with Crippen molar-refractivity contribution < 1.29 is 13.3 Å². The van der Waals surface area contributed by atoms with Crippen molar-refractivity contribution in [3.05, 3.63) is 188 Å². The lowest BCUT2D eigenvalue weighted by Crippen LogP contribution is -2.10. The minimum absolute atomic E-state index is 0.605. The van der Waals surface area contributed by atoms with Crippen LogP contribution < -0.4 is 4.90 Å². The molecule has 13 rings (SSSR count). The highest BCUT2D eigenvalue weighted by atomic mass is 16.3. The maximum atomic E-state index is 6.63. The number of anilines is 3. The van der Waals surface area contributed by atoms with Gasteiger partial charge in [0, 0.05) is 67.5 Å². The Balaban J connectivity index is 1.06. The number of hydrogen-bond donors (Lipinski definition) is 0. The molecule has 60 heavy (non-hydrogen) atoms. The Morgan fingerprint density at radius 3 is 2.02 bits per heavy atom. The molecule has 280 valence electrons. The zero-order chi connectivity index (χ0) is 39.3. The first kappa shape index (κ1) is 32.8. The summed E-state index contributed by atoms with van der Waals surface area (Å²) in [6, 6.07) is 61.4. The van der Waals surface area contributed by atoms with Gasteiger partial charge in [-0.25, -0.2) is 4.98 Å². The predicted octanol–water partition coefficient (Wildman–Crippen LogP) is 15.3. The molecule has 0 atom stereocenters. The lowest BCUT2D eigenvalue weighted by Gasteiger charge is -2.26. The first-order valence-corrected chi connectivity index (χ1v) is 20.0. The van der Waals surface area contributed by atoms with E-state index in [4.69, 9.17) is 18.2 Å². The van der Waals surface area contributed by atoms with Crippen LogP contribution in [0.5, 0.6) is 0 Å². The Morgan fingerprint density at radius 1 is 0.400 bits per heavy atom. The van der Waals surface area contributed by atoms with Gasteiger partial charge in [-0.1, -0.05) is 84.9 Å². The summed E-state index contributed by atoms with van der Waals surface area (Å²) in [5.74, 6) is 0.605. The smallest absolute Gasteiger partial charge is 0.227 e. The molecule has 4 aromatic heterocycles. The number of fused-ring (bicyclic) bond motifs is 12. The highest BCUT2D eigenvalue weighted by Crippen LogP contribution is 2.44. The standard InChI is InChI=1S/C54H31N3O3/c1-2-8-34(9-3-1)54-56-46-23-19-33-16-15-32-17-20-39(29-43(32)51(33)53(46)60-54)57(38-21-18-35-27-44-42-11-4-5-13-47(42)59-50(44)28-37(35)26-38)40-22-24-48-45(30-40)52-41(12-6-14-49(52)58-48)36-10-7-25-55-31-36/h1-31H. The fourth-order valence-corrected chi connectivity index (χ4v) is 9.11. The average Bonchev–Trinajstić information content (AvgIpc) is 4.02. The summed E-state index contributed by atoms with van der Waals surface area (Å²) in [4.78, 5) is 11.7.